The number of H-pyrrole nitrogens is 1. The Kier molecular flexibility index (Phi) is 3.82. The quantitative estimate of drug-likeness (QED) is 0.811. The number of aryl methyl sites for hydroxylation is 1. The lowest BCUT2D eigenvalue weighted by atomic mass is 10.0. The van der Waals surface area contributed by atoms with E-state index in [1.165, 1.54) is 5.56 Å². The summed E-state index contributed by atoms with van der Waals surface area (Å²) in [5, 5.41) is 10.2. The van der Waals surface area contributed by atoms with Crippen molar-refractivity contribution in [2.75, 3.05) is 0 Å². The number of aromatic nitrogens is 1. The molecule has 1 heterocycles. The molecule has 1 aromatic heterocycles. The Hall–Kier alpha value is -1.61. The van der Waals surface area contributed by atoms with Crippen LogP contribution in [0.3, 0.4) is 0 Å². The highest BCUT2D eigenvalue weighted by Gasteiger charge is 2.17. The number of aromatic amines is 1. The average Bonchev–Trinajstić information content (AvgIpc) is 2.90. The largest absolute Gasteiger partial charge is 0.392 e. The summed E-state index contributed by atoms with van der Waals surface area (Å²) in [4.78, 5) is 14.7. The van der Waals surface area contributed by atoms with Crippen LogP contribution in [-0.4, -0.2) is 10.1 Å². The van der Waals surface area contributed by atoms with Crippen LogP contribution in [0.1, 0.15) is 37.0 Å². The minimum atomic E-state index is 0.00898. The van der Waals surface area contributed by atoms with Gasteiger partial charge in [-0.2, -0.15) is 0 Å². The summed E-state index contributed by atoms with van der Waals surface area (Å²) in [6.07, 6.45) is 2.95. The molecular weight excluding hydrogens is 226 g/mol. The molecule has 2 aromatic rings. The SMILES string of the molecule is CC.O=c1[nH]c2cc(CO)ccc2c2c1CCC2. The maximum Gasteiger partial charge on any atom is 0.251 e. The maximum absolute atomic E-state index is 11.8. The molecule has 0 saturated heterocycles. The van der Waals surface area contributed by atoms with E-state index in [9.17, 15) is 4.79 Å². The van der Waals surface area contributed by atoms with E-state index < -0.39 is 0 Å². The predicted octanol–water partition coefficient (Wildman–Crippen LogP) is 2.54. The van der Waals surface area contributed by atoms with Gasteiger partial charge in [0.2, 0.25) is 0 Å². The lowest BCUT2D eigenvalue weighted by molar-refractivity contribution is 0.282. The first-order valence-corrected chi connectivity index (χ1v) is 6.57. The number of benzene rings is 1. The van der Waals surface area contributed by atoms with Crippen LogP contribution in [0.15, 0.2) is 23.0 Å². The Morgan fingerprint density at radius 3 is 2.67 bits per heavy atom. The van der Waals surface area contributed by atoms with Crippen LogP contribution in [0.2, 0.25) is 0 Å². The first kappa shape index (κ1) is 12.8. The van der Waals surface area contributed by atoms with Crippen LogP contribution in [0.4, 0.5) is 0 Å². The van der Waals surface area contributed by atoms with Crippen molar-refractivity contribution in [3.05, 3.63) is 45.2 Å². The summed E-state index contributed by atoms with van der Waals surface area (Å²) in [5.74, 6) is 0. The van der Waals surface area contributed by atoms with Crippen molar-refractivity contribution in [1.82, 2.24) is 4.98 Å². The monoisotopic (exact) mass is 245 g/mol. The highest BCUT2D eigenvalue weighted by Crippen LogP contribution is 2.26. The van der Waals surface area contributed by atoms with Crippen LogP contribution in [0, 0.1) is 0 Å². The Morgan fingerprint density at radius 2 is 1.94 bits per heavy atom. The standard InChI is InChI=1S/C13H13NO2.C2H6/c15-7-8-4-5-10-9-2-1-3-11(9)13(16)14-12(10)6-8;1-2/h4-6,15H,1-3,7H2,(H,14,16);1-2H3. The number of pyridine rings is 1. The Morgan fingerprint density at radius 1 is 1.22 bits per heavy atom. The second-order valence-corrected chi connectivity index (χ2v) is 4.30. The molecule has 3 nitrogen and oxygen atoms in total. The molecule has 0 atom stereocenters. The zero-order chi connectivity index (χ0) is 13.1. The Labute approximate surface area is 106 Å². The fraction of sp³-hybridized carbons (Fsp3) is 0.400. The van der Waals surface area contributed by atoms with Gasteiger partial charge in [-0.05, 0) is 36.5 Å². The van der Waals surface area contributed by atoms with Crippen molar-refractivity contribution in [2.45, 2.75) is 39.7 Å². The number of aliphatic hydroxyl groups excluding tert-OH is 1. The average molecular weight is 245 g/mol. The Balaban J connectivity index is 0.000000574. The maximum atomic E-state index is 11.8. The topological polar surface area (TPSA) is 53.1 Å². The third kappa shape index (κ3) is 2.06. The molecule has 0 bridgehead atoms. The molecule has 3 heteroatoms. The zero-order valence-electron chi connectivity index (χ0n) is 10.9. The van der Waals surface area contributed by atoms with E-state index in [0.29, 0.717) is 0 Å². The van der Waals surface area contributed by atoms with Gasteiger partial charge >= 0.3 is 0 Å². The van der Waals surface area contributed by atoms with Gasteiger partial charge < -0.3 is 10.1 Å². The van der Waals surface area contributed by atoms with Gasteiger partial charge in [-0.25, -0.2) is 0 Å². The molecular formula is C15H19NO2. The summed E-state index contributed by atoms with van der Waals surface area (Å²) in [7, 11) is 0. The van der Waals surface area contributed by atoms with Gasteiger partial charge in [0.05, 0.1) is 6.61 Å². The number of hydrogen-bond acceptors (Lipinski definition) is 2. The zero-order valence-corrected chi connectivity index (χ0v) is 10.9. The van der Waals surface area contributed by atoms with Crippen LogP contribution in [-0.2, 0) is 19.4 Å². The van der Waals surface area contributed by atoms with Crippen molar-refractivity contribution >= 4 is 10.9 Å². The van der Waals surface area contributed by atoms with Crippen molar-refractivity contribution < 1.29 is 5.11 Å². The minimum absolute atomic E-state index is 0.00898. The van der Waals surface area contributed by atoms with E-state index in [4.69, 9.17) is 5.11 Å². The molecule has 0 saturated carbocycles. The molecule has 0 radical (unpaired) electrons. The van der Waals surface area contributed by atoms with Crippen molar-refractivity contribution in [3.63, 3.8) is 0 Å². The number of fused-ring (bicyclic) bond motifs is 3. The van der Waals surface area contributed by atoms with Gasteiger partial charge in [0.25, 0.3) is 5.56 Å². The van der Waals surface area contributed by atoms with Crippen LogP contribution < -0.4 is 5.56 Å². The van der Waals surface area contributed by atoms with Gasteiger partial charge in [0.1, 0.15) is 0 Å². The smallest absolute Gasteiger partial charge is 0.251 e. The second-order valence-electron chi connectivity index (χ2n) is 4.30. The van der Waals surface area contributed by atoms with Gasteiger partial charge in [-0.3, -0.25) is 4.79 Å². The van der Waals surface area contributed by atoms with Gasteiger partial charge in [-0.15, -0.1) is 0 Å². The van der Waals surface area contributed by atoms with E-state index in [1.54, 1.807) is 0 Å². The summed E-state index contributed by atoms with van der Waals surface area (Å²) in [6.45, 7) is 4.01. The molecule has 0 unspecified atom stereocenters. The van der Waals surface area contributed by atoms with Gasteiger partial charge in [-0.1, -0.05) is 26.0 Å². The fourth-order valence-corrected chi connectivity index (χ4v) is 2.55. The van der Waals surface area contributed by atoms with E-state index in [2.05, 4.69) is 4.98 Å². The molecule has 1 aliphatic rings. The molecule has 0 fully saturated rings. The Bertz CT molecular complexity index is 614. The number of aliphatic hydroxyl groups is 1. The van der Waals surface area contributed by atoms with E-state index in [1.807, 2.05) is 32.0 Å². The first-order valence-electron chi connectivity index (χ1n) is 6.57. The fourth-order valence-electron chi connectivity index (χ4n) is 2.55. The highest BCUT2D eigenvalue weighted by atomic mass is 16.3. The predicted molar refractivity (Wildman–Crippen MR) is 73.9 cm³/mol. The van der Waals surface area contributed by atoms with Crippen molar-refractivity contribution in [2.24, 2.45) is 0 Å². The molecule has 0 amide bonds. The molecule has 1 aromatic carbocycles. The first-order chi connectivity index (χ1) is 8.79. The number of rotatable bonds is 1. The summed E-state index contributed by atoms with van der Waals surface area (Å²) in [5.41, 5.74) is 3.86. The van der Waals surface area contributed by atoms with Crippen molar-refractivity contribution in [1.29, 1.82) is 0 Å². The minimum Gasteiger partial charge on any atom is -0.392 e. The number of nitrogens with one attached hydrogen (secondary N) is 1. The summed E-state index contributed by atoms with van der Waals surface area (Å²) < 4.78 is 0. The molecule has 3 rings (SSSR count). The summed E-state index contributed by atoms with van der Waals surface area (Å²) >= 11 is 0. The van der Waals surface area contributed by atoms with Crippen LogP contribution in [0.25, 0.3) is 10.9 Å². The number of hydrogen-bond donors (Lipinski definition) is 2. The molecule has 0 spiro atoms. The van der Waals surface area contributed by atoms with Crippen LogP contribution in [0.5, 0.6) is 0 Å². The normalized spacial score (nSPS) is 13.1. The molecule has 2 N–H and O–H groups in total. The third-order valence-electron chi connectivity index (χ3n) is 3.33. The summed E-state index contributed by atoms with van der Waals surface area (Å²) in [6, 6.07) is 5.77. The molecule has 1 aliphatic carbocycles. The van der Waals surface area contributed by atoms with E-state index in [0.717, 1.165) is 41.3 Å². The second kappa shape index (κ2) is 5.36. The lowest BCUT2D eigenvalue weighted by Crippen LogP contribution is -2.12. The van der Waals surface area contributed by atoms with Gasteiger partial charge in [0, 0.05) is 16.5 Å². The highest BCUT2D eigenvalue weighted by molar-refractivity contribution is 5.84. The van der Waals surface area contributed by atoms with E-state index >= 15 is 0 Å². The molecule has 0 aliphatic heterocycles. The molecule has 18 heavy (non-hydrogen) atoms. The third-order valence-corrected chi connectivity index (χ3v) is 3.33. The van der Waals surface area contributed by atoms with Crippen LogP contribution >= 0.6 is 0 Å². The van der Waals surface area contributed by atoms with Gasteiger partial charge in [0.15, 0.2) is 0 Å². The lowest BCUT2D eigenvalue weighted by Gasteiger charge is -2.06. The van der Waals surface area contributed by atoms with Crippen molar-refractivity contribution in [3.8, 4) is 0 Å². The van der Waals surface area contributed by atoms with E-state index in [-0.39, 0.29) is 12.2 Å². The molecule has 96 valence electrons.